The maximum absolute atomic E-state index is 13.3. The topological polar surface area (TPSA) is 49.3 Å². The Bertz CT molecular complexity index is 432. The Hall–Kier alpha value is -1.68. The fraction of sp³-hybridized carbons (Fsp3) is 0.357. The summed E-state index contributed by atoms with van der Waals surface area (Å²) in [4.78, 5) is 11.6. The van der Waals surface area contributed by atoms with Crippen LogP contribution in [0.4, 0.5) is 4.39 Å². The molecule has 0 aliphatic rings. The number of rotatable bonds is 5. The first-order valence-electron chi connectivity index (χ1n) is 5.88. The third-order valence-corrected chi connectivity index (χ3v) is 2.83. The van der Waals surface area contributed by atoms with E-state index in [1.165, 1.54) is 18.2 Å². The first-order chi connectivity index (χ1) is 8.54. The van der Waals surface area contributed by atoms with Crippen molar-refractivity contribution in [3.8, 4) is 0 Å². The molecule has 2 unspecified atom stereocenters. The molecule has 1 rings (SSSR count). The van der Waals surface area contributed by atoms with Crippen molar-refractivity contribution in [2.75, 3.05) is 6.61 Å². The van der Waals surface area contributed by atoms with Gasteiger partial charge in [0, 0.05) is 24.3 Å². The molecule has 98 valence electrons. The fourth-order valence-electron chi connectivity index (χ4n) is 1.35. The molecule has 0 aliphatic carbocycles. The Morgan fingerprint density at radius 1 is 1.44 bits per heavy atom. The molecule has 2 N–H and O–H groups in total. The predicted molar refractivity (Wildman–Crippen MR) is 69.3 cm³/mol. The average Bonchev–Trinajstić information content (AvgIpc) is 2.36. The highest BCUT2D eigenvalue weighted by Crippen LogP contribution is 2.08. The molecule has 18 heavy (non-hydrogen) atoms. The number of aliphatic hydroxyl groups is 1. The van der Waals surface area contributed by atoms with Gasteiger partial charge in [-0.25, -0.2) is 4.39 Å². The second-order valence-electron chi connectivity index (χ2n) is 4.31. The summed E-state index contributed by atoms with van der Waals surface area (Å²) in [5.41, 5.74) is 0.371. The Labute approximate surface area is 106 Å². The lowest BCUT2D eigenvalue weighted by Crippen LogP contribution is -2.37. The fourth-order valence-corrected chi connectivity index (χ4v) is 1.35. The number of amides is 1. The van der Waals surface area contributed by atoms with Crippen molar-refractivity contribution in [2.45, 2.75) is 19.9 Å². The zero-order chi connectivity index (χ0) is 13.5. The average molecular weight is 251 g/mol. The Balaban J connectivity index is 2.58. The third kappa shape index (κ3) is 4.30. The van der Waals surface area contributed by atoms with E-state index >= 15 is 0 Å². The molecule has 0 aromatic heterocycles. The molecule has 1 aromatic carbocycles. The van der Waals surface area contributed by atoms with E-state index in [0.29, 0.717) is 5.56 Å². The molecule has 0 aliphatic heterocycles. The second kappa shape index (κ2) is 6.91. The van der Waals surface area contributed by atoms with Gasteiger partial charge < -0.3 is 10.4 Å². The lowest BCUT2D eigenvalue weighted by Gasteiger charge is -2.18. The Morgan fingerprint density at radius 2 is 2.11 bits per heavy atom. The quantitative estimate of drug-likeness (QED) is 0.786. The Morgan fingerprint density at radius 3 is 2.72 bits per heavy atom. The number of aliphatic hydroxyl groups excluding tert-OH is 1. The summed E-state index contributed by atoms with van der Waals surface area (Å²) in [6, 6.07) is 6.11. The molecule has 0 saturated heterocycles. The first kappa shape index (κ1) is 14.4. The maximum Gasteiger partial charge on any atom is 0.244 e. The van der Waals surface area contributed by atoms with Crippen molar-refractivity contribution in [1.82, 2.24) is 5.32 Å². The predicted octanol–water partition coefficient (Wildman–Crippen LogP) is 1.97. The van der Waals surface area contributed by atoms with Gasteiger partial charge in [-0.2, -0.15) is 0 Å². The number of hydrogen-bond acceptors (Lipinski definition) is 2. The van der Waals surface area contributed by atoms with E-state index in [1.807, 2.05) is 13.8 Å². The van der Waals surface area contributed by atoms with Crippen LogP contribution in [-0.2, 0) is 4.79 Å². The van der Waals surface area contributed by atoms with Gasteiger partial charge in [0.05, 0.1) is 0 Å². The number of halogens is 1. The highest BCUT2D eigenvalue weighted by Gasteiger charge is 2.12. The first-order valence-corrected chi connectivity index (χ1v) is 5.88. The smallest absolute Gasteiger partial charge is 0.244 e. The van der Waals surface area contributed by atoms with Crippen LogP contribution in [-0.4, -0.2) is 23.7 Å². The third-order valence-electron chi connectivity index (χ3n) is 2.83. The van der Waals surface area contributed by atoms with Gasteiger partial charge >= 0.3 is 0 Å². The van der Waals surface area contributed by atoms with Gasteiger partial charge in [-0.15, -0.1) is 0 Å². The molecule has 0 radical (unpaired) electrons. The van der Waals surface area contributed by atoms with E-state index in [1.54, 1.807) is 18.2 Å². The van der Waals surface area contributed by atoms with Crippen LogP contribution in [0.5, 0.6) is 0 Å². The highest BCUT2D eigenvalue weighted by molar-refractivity contribution is 5.91. The molecular weight excluding hydrogens is 233 g/mol. The largest absolute Gasteiger partial charge is 0.396 e. The normalized spacial score (nSPS) is 14.4. The summed E-state index contributed by atoms with van der Waals surface area (Å²) in [6.07, 6.45) is 2.72. The molecule has 1 amide bonds. The van der Waals surface area contributed by atoms with E-state index in [-0.39, 0.29) is 30.3 Å². The maximum atomic E-state index is 13.3. The second-order valence-corrected chi connectivity index (χ2v) is 4.31. The van der Waals surface area contributed by atoms with Crippen molar-refractivity contribution in [3.05, 3.63) is 41.7 Å². The minimum Gasteiger partial charge on any atom is -0.396 e. The van der Waals surface area contributed by atoms with Crippen LogP contribution in [0.3, 0.4) is 0 Å². The molecule has 1 aromatic rings. The van der Waals surface area contributed by atoms with Gasteiger partial charge in [0.25, 0.3) is 0 Å². The van der Waals surface area contributed by atoms with Gasteiger partial charge in [0.15, 0.2) is 0 Å². The summed E-state index contributed by atoms with van der Waals surface area (Å²) in [6.45, 7) is 3.67. The van der Waals surface area contributed by atoms with E-state index in [2.05, 4.69) is 5.32 Å². The number of carbonyl (C=O) groups excluding carboxylic acids is 1. The summed E-state index contributed by atoms with van der Waals surface area (Å²) in [7, 11) is 0. The van der Waals surface area contributed by atoms with E-state index in [9.17, 15) is 9.18 Å². The lowest BCUT2D eigenvalue weighted by molar-refractivity contribution is -0.117. The van der Waals surface area contributed by atoms with Crippen molar-refractivity contribution in [2.24, 2.45) is 5.92 Å². The minimum absolute atomic E-state index is 0.0124. The summed E-state index contributed by atoms with van der Waals surface area (Å²) >= 11 is 0. The summed E-state index contributed by atoms with van der Waals surface area (Å²) in [5.74, 6) is -0.680. The molecule has 2 atom stereocenters. The number of hydrogen-bond donors (Lipinski definition) is 2. The van der Waals surface area contributed by atoms with Crippen LogP contribution >= 0.6 is 0 Å². The van der Waals surface area contributed by atoms with Crippen LogP contribution in [0.2, 0.25) is 0 Å². The van der Waals surface area contributed by atoms with Gasteiger partial charge in [-0.05, 0) is 25.0 Å². The van der Waals surface area contributed by atoms with E-state index < -0.39 is 0 Å². The molecule has 0 spiro atoms. The van der Waals surface area contributed by atoms with Gasteiger partial charge in [-0.1, -0.05) is 25.1 Å². The van der Waals surface area contributed by atoms with Crippen LogP contribution in [0.25, 0.3) is 6.08 Å². The molecule has 0 heterocycles. The van der Waals surface area contributed by atoms with E-state index in [0.717, 1.165) is 0 Å². The number of benzene rings is 1. The standard InChI is InChI=1S/C14H18FNO2/c1-10(9-17)11(2)16-14(18)8-7-12-5-3-4-6-13(12)15/h3-8,10-11,17H,9H2,1-2H3,(H,16,18)/b8-7+. The number of carbonyl (C=O) groups is 1. The molecule has 0 fully saturated rings. The number of nitrogens with one attached hydrogen (secondary N) is 1. The van der Waals surface area contributed by atoms with Crippen molar-refractivity contribution in [3.63, 3.8) is 0 Å². The molecule has 0 bridgehead atoms. The molecular formula is C14H18FNO2. The zero-order valence-corrected chi connectivity index (χ0v) is 10.6. The Kier molecular flexibility index (Phi) is 5.52. The highest BCUT2D eigenvalue weighted by atomic mass is 19.1. The molecule has 0 saturated carbocycles. The van der Waals surface area contributed by atoms with Crippen molar-refractivity contribution >= 4 is 12.0 Å². The van der Waals surface area contributed by atoms with Gasteiger partial charge in [0.2, 0.25) is 5.91 Å². The molecule has 4 heteroatoms. The van der Waals surface area contributed by atoms with Crippen molar-refractivity contribution < 1.29 is 14.3 Å². The lowest BCUT2D eigenvalue weighted by atomic mass is 10.1. The van der Waals surface area contributed by atoms with Crippen LogP contribution in [0, 0.1) is 11.7 Å². The summed E-state index contributed by atoms with van der Waals surface area (Å²) in [5, 5.41) is 11.7. The van der Waals surface area contributed by atoms with Gasteiger partial charge in [0.1, 0.15) is 5.82 Å². The summed E-state index contributed by atoms with van der Waals surface area (Å²) < 4.78 is 13.3. The van der Waals surface area contributed by atoms with Crippen molar-refractivity contribution in [1.29, 1.82) is 0 Å². The van der Waals surface area contributed by atoms with Gasteiger partial charge in [-0.3, -0.25) is 4.79 Å². The SMILES string of the molecule is CC(CO)C(C)NC(=O)/C=C/c1ccccc1F. The molecule has 3 nitrogen and oxygen atoms in total. The van der Waals surface area contributed by atoms with Crippen LogP contribution in [0.1, 0.15) is 19.4 Å². The van der Waals surface area contributed by atoms with E-state index in [4.69, 9.17) is 5.11 Å². The van der Waals surface area contributed by atoms with Crippen LogP contribution < -0.4 is 5.32 Å². The minimum atomic E-state index is -0.363. The monoisotopic (exact) mass is 251 g/mol. The zero-order valence-electron chi connectivity index (χ0n) is 10.6. The van der Waals surface area contributed by atoms with Crippen LogP contribution in [0.15, 0.2) is 30.3 Å².